The Morgan fingerprint density at radius 3 is 2.61 bits per heavy atom. The molecule has 5 nitrogen and oxygen atoms in total. The van der Waals surface area contributed by atoms with Crippen molar-refractivity contribution in [3.8, 4) is 0 Å². The lowest BCUT2D eigenvalue weighted by Crippen LogP contribution is -2.51. The van der Waals surface area contributed by atoms with Crippen LogP contribution in [0.2, 0.25) is 0 Å². The van der Waals surface area contributed by atoms with Gasteiger partial charge in [0, 0.05) is 29.9 Å². The van der Waals surface area contributed by atoms with Crippen molar-refractivity contribution >= 4 is 17.3 Å². The van der Waals surface area contributed by atoms with Crippen molar-refractivity contribution < 1.29 is 0 Å². The molecule has 0 atom stereocenters. The number of hydrogen-bond acceptors (Lipinski definition) is 6. The van der Waals surface area contributed by atoms with Crippen LogP contribution in [0.15, 0.2) is 24.0 Å². The van der Waals surface area contributed by atoms with Crippen molar-refractivity contribution in [1.29, 1.82) is 0 Å². The SMILES string of the molecule is Cc1ncsc1CN1CCC2(CC1)CC(Nc1ncccn1)C2. The fourth-order valence-corrected chi connectivity index (χ4v) is 4.74. The first-order valence-corrected chi connectivity index (χ1v) is 9.25. The van der Waals surface area contributed by atoms with E-state index in [4.69, 9.17) is 0 Å². The van der Waals surface area contributed by atoms with Gasteiger partial charge in [0.15, 0.2) is 0 Å². The highest BCUT2D eigenvalue weighted by Crippen LogP contribution is 2.50. The van der Waals surface area contributed by atoms with Gasteiger partial charge in [-0.25, -0.2) is 15.0 Å². The number of aryl methyl sites for hydroxylation is 1. The first-order valence-electron chi connectivity index (χ1n) is 8.37. The highest BCUT2D eigenvalue weighted by Gasteiger charge is 2.45. The average molecular weight is 329 g/mol. The molecule has 0 unspecified atom stereocenters. The smallest absolute Gasteiger partial charge is 0.222 e. The maximum absolute atomic E-state index is 4.36. The minimum absolute atomic E-state index is 0.549. The van der Waals surface area contributed by atoms with Gasteiger partial charge in [-0.15, -0.1) is 11.3 Å². The average Bonchev–Trinajstić information content (AvgIpc) is 2.94. The van der Waals surface area contributed by atoms with Gasteiger partial charge in [0.05, 0.1) is 11.2 Å². The molecule has 1 saturated carbocycles. The number of aromatic nitrogens is 3. The van der Waals surface area contributed by atoms with E-state index in [9.17, 15) is 0 Å². The van der Waals surface area contributed by atoms with Crippen LogP contribution < -0.4 is 5.32 Å². The molecular weight excluding hydrogens is 306 g/mol. The summed E-state index contributed by atoms with van der Waals surface area (Å²) < 4.78 is 0. The summed E-state index contributed by atoms with van der Waals surface area (Å²) in [7, 11) is 0. The van der Waals surface area contributed by atoms with Crippen molar-refractivity contribution in [2.75, 3.05) is 18.4 Å². The van der Waals surface area contributed by atoms with Crippen molar-refractivity contribution in [2.45, 2.75) is 45.2 Å². The van der Waals surface area contributed by atoms with Crippen LogP contribution in [0.25, 0.3) is 0 Å². The topological polar surface area (TPSA) is 53.9 Å². The van der Waals surface area contributed by atoms with Gasteiger partial charge in [0.25, 0.3) is 0 Å². The van der Waals surface area contributed by atoms with E-state index in [-0.39, 0.29) is 0 Å². The molecule has 1 saturated heterocycles. The molecule has 2 aliphatic rings. The molecule has 0 amide bonds. The molecule has 4 rings (SSSR count). The molecule has 0 bridgehead atoms. The Morgan fingerprint density at radius 2 is 1.96 bits per heavy atom. The Morgan fingerprint density at radius 1 is 1.22 bits per heavy atom. The van der Waals surface area contributed by atoms with Crippen LogP contribution in [-0.4, -0.2) is 39.0 Å². The van der Waals surface area contributed by atoms with Gasteiger partial charge in [0.2, 0.25) is 5.95 Å². The number of hydrogen-bond donors (Lipinski definition) is 1. The number of thiazole rings is 1. The van der Waals surface area contributed by atoms with Gasteiger partial charge in [0.1, 0.15) is 0 Å². The highest BCUT2D eigenvalue weighted by atomic mass is 32.1. The largest absolute Gasteiger partial charge is 0.351 e. The minimum atomic E-state index is 0.549. The number of nitrogens with zero attached hydrogens (tertiary/aromatic N) is 4. The van der Waals surface area contributed by atoms with Gasteiger partial charge in [-0.3, -0.25) is 4.90 Å². The maximum atomic E-state index is 4.36. The summed E-state index contributed by atoms with van der Waals surface area (Å²) in [5.41, 5.74) is 3.72. The van der Waals surface area contributed by atoms with Crippen molar-refractivity contribution in [3.63, 3.8) is 0 Å². The Hall–Kier alpha value is -1.53. The zero-order valence-electron chi connectivity index (χ0n) is 13.5. The van der Waals surface area contributed by atoms with Crippen LogP contribution in [0.3, 0.4) is 0 Å². The van der Waals surface area contributed by atoms with E-state index in [2.05, 4.69) is 32.1 Å². The first kappa shape index (κ1) is 15.0. The maximum Gasteiger partial charge on any atom is 0.222 e. The molecule has 2 fully saturated rings. The molecule has 1 aliphatic heterocycles. The van der Waals surface area contributed by atoms with Crippen LogP contribution in [0, 0.1) is 12.3 Å². The molecule has 1 N–H and O–H groups in total. The predicted molar refractivity (Wildman–Crippen MR) is 92.5 cm³/mol. The molecule has 2 aromatic heterocycles. The molecule has 3 heterocycles. The third kappa shape index (κ3) is 3.23. The van der Waals surface area contributed by atoms with Crippen LogP contribution >= 0.6 is 11.3 Å². The zero-order valence-corrected chi connectivity index (χ0v) is 14.4. The molecule has 0 aromatic carbocycles. The molecule has 122 valence electrons. The number of anilines is 1. The monoisotopic (exact) mass is 329 g/mol. The Kier molecular flexibility index (Phi) is 4.03. The molecular formula is C17H23N5S. The third-order valence-electron chi connectivity index (χ3n) is 5.39. The standard InChI is InChI=1S/C17H23N5S/c1-13-15(23-12-20-13)11-22-7-3-17(4-8-22)9-14(10-17)21-16-18-5-2-6-19-16/h2,5-6,12,14H,3-4,7-11H2,1H3,(H,18,19,21). The summed E-state index contributed by atoms with van der Waals surface area (Å²) in [6.45, 7) is 5.62. The van der Waals surface area contributed by atoms with Crippen molar-refractivity contribution in [1.82, 2.24) is 19.9 Å². The number of rotatable bonds is 4. The number of likely N-dealkylation sites (tertiary alicyclic amines) is 1. The predicted octanol–water partition coefficient (Wildman–Crippen LogP) is 3.10. The van der Waals surface area contributed by atoms with E-state index >= 15 is 0 Å². The van der Waals surface area contributed by atoms with Crippen LogP contribution in [0.4, 0.5) is 5.95 Å². The highest BCUT2D eigenvalue weighted by molar-refractivity contribution is 7.09. The van der Waals surface area contributed by atoms with E-state index in [0.29, 0.717) is 11.5 Å². The Labute approximate surface area is 141 Å². The van der Waals surface area contributed by atoms with Gasteiger partial charge in [-0.1, -0.05) is 0 Å². The van der Waals surface area contributed by atoms with Gasteiger partial charge >= 0.3 is 0 Å². The quantitative estimate of drug-likeness (QED) is 0.934. The number of nitrogens with one attached hydrogen (secondary N) is 1. The molecule has 1 aliphatic carbocycles. The summed E-state index contributed by atoms with van der Waals surface area (Å²) in [4.78, 5) is 16.9. The normalized spacial score (nSPS) is 21.3. The van der Waals surface area contributed by atoms with Crippen LogP contribution in [0.5, 0.6) is 0 Å². The second-order valence-electron chi connectivity index (χ2n) is 6.96. The first-order chi connectivity index (χ1) is 11.2. The van der Waals surface area contributed by atoms with Gasteiger partial charge in [-0.05, 0) is 57.2 Å². The number of piperidine rings is 1. The summed E-state index contributed by atoms with van der Waals surface area (Å²) in [6.07, 6.45) is 8.75. The lowest BCUT2D eigenvalue weighted by molar-refractivity contribution is 0.0211. The van der Waals surface area contributed by atoms with E-state index in [1.165, 1.54) is 49.3 Å². The summed E-state index contributed by atoms with van der Waals surface area (Å²) >= 11 is 1.79. The van der Waals surface area contributed by atoms with Crippen molar-refractivity contribution in [2.24, 2.45) is 5.41 Å². The molecule has 0 radical (unpaired) electrons. The van der Waals surface area contributed by atoms with Crippen LogP contribution in [0.1, 0.15) is 36.3 Å². The van der Waals surface area contributed by atoms with E-state index in [0.717, 1.165) is 12.5 Å². The molecule has 23 heavy (non-hydrogen) atoms. The fourth-order valence-electron chi connectivity index (χ4n) is 3.92. The Balaban J connectivity index is 1.25. The van der Waals surface area contributed by atoms with Gasteiger partial charge in [-0.2, -0.15) is 0 Å². The van der Waals surface area contributed by atoms with E-state index in [1.54, 1.807) is 23.7 Å². The molecule has 6 heteroatoms. The second-order valence-corrected chi connectivity index (χ2v) is 7.90. The van der Waals surface area contributed by atoms with E-state index in [1.807, 2.05) is 11.6 Å². The summed E-state index contributed by atoms with van der Waals surface area (Å²) in [6, 6.07) is 2.40. The minimum Gasteiger partial charge on any atom is -0.351 e. The van der Waals surface area contributed by atoms with E-state index < -0.39 is 0 Å². The summed E-state index contributed by atoms with van der Waals surface area (Å²) in [5.74, 6) is 0.769. The second kappa shape index (κ2) is 6.17. The lowest BCUT2D eigenvalue weighted by atomic mass is 9.60. The zero-order chi connectivity index (χ0) is 15.7. The van der Waals surface area contributed by atoms with Crippen LogP contribution in [-0.2, 0) is 6.54 Å². The lowest BCUT2D eigenvalue weighted by Gasteiger charge is -2.52. The fraction of sp³-hybridized carbons (Fsp3) is 0.588. The van der Waals surface area contributed by atoms with Crippen molar-refractivity contribution in [3.05, 3.63) is 34.5 Å². The molecule has 2 aromatic rings. The third-order valence-corrected chi connectivity index (χ3v) is 6.31. The van der Waals surface area contributed by atoms with Gasteiger partial charge < -0.3 is 5.32 Å². The molecule has 1 spiro atoms. The summed E-state index contributed by atoms with van der Waals surface area (Å²) in [5, 5.41) is 3.46. The Bertz CT molecular complexity index is 640.